The normalized spacial score (nSPS) is 15.2. The zero-order chi connectivity index (χ0) is 108. The van der Waals surface area contributed by atoms with Crippen molar-refractivity contribution in [3.63, 3.8) is 0 Å². The van der Waals surface area contributed by atoms with Crippen molar-refractivity contribution in [2.45, 2.75) is 129 Å². The Kier molecular flexibility index (Phi) is 46.4. The largest absolute Gasteiger partial charge is 0.444 e. The van der Waals surface area contributed by atoms with E-state index in [1.165, 1.54) is 110 Å². The molecular weight excluding hydrogens is 2000 g/mol. The molecule has 13 aromatic rings. The number of halogens is 12. The summed E-state index contributed by atoms with van der Waals surface area (Å²) in [4.78, 5) is 143. The van der Waals surface area contributed by atoms with E-state index >= 15 is 0 Å². The summed E-state index contributed by atoms with van der Waals surface area (Å²) < 4.78 is 125. The van der Waals surface area contributed by atoms with Crippen LogP contribution in [0.15, 0.2) is 200 Å². The first-order valence-corrected chi connectivity index (χ1v) is 49.3. The quantitative estimate of drug-likeness (QED) is 0.00823. The number of hydrogen-bond acceptors (Lipinski definition) is 26. The zero-order valence-electron chi connectivity index (χ0n) is 80.4. The van der Waals surface area contributed by atoms with Crippen molar-refractivity contribution < 1.29 is 89.0 Å². The molecule has 4 aliphatic rings. The van der Waals surface area contributed by atoms with E-state index in [1.807, 2.05) is 41.5 Å². The van der Waals surface area contributed by atoms with E-state index in [0.29, 0.717) is 112 Å². The molecule has 9 heterocycles. The lowest BCUT2D eigenvalue weighted by molar-refractivity contribution is -0.385. The highest BCUT2D eigenvalue weighted by atomic mass is 36.0. The number of nitrogens with two attached hydrogens (primary N) is 4. The van der Waals surface area contributed by atoms with Crippen LogP contribution >= 0.6 is 50.5 Å². The number of primary amides is 2. The van der Waals surface area contributed by atoms with Gasteiger partial charge in [0, 0.05) is 151 Å². The number of aromatic nitrogens is 10. The molecule has 17 rings (SSSR count). The van der Waals surface area contributed by atoms with Crippen LogP contribution in [0.4, 0.5) is 72.5 Å². The minimum Gasteiger partial charge on any atom is -0.444 e. The van der Waals surface area contributed by atoms with Gasteiger partial charge in [-0.15, -0.1) is 0 Å². The number of nitrogens with one attached hydrogen (secondary N) is 4. The monoisotopic (exact) mass is 2110 g/mol. The third kappa shape index (κ3) is 43.1. The molecule has 4 saturated heterocycles. The molecule has 0 saturated carbocycles. The highest BCUT2D eigenvalue weighted by molar-refractivity contribution is 8.24. The summed E-state index contributed by atoms with van der Waals surface area (Å²) in [5.41, 5.74) is 22.7. The Bertz CT molecular complexity index is 6680. The number of urea groups is 1. The summed E-state index contributed by atoms with van der Waals surface area (Å²) in [5.74, 6) is 0.0140. The van der Waals surface area contributed by atoms with Gasteiger partial charge in [-0.25, -0.2) is 94.8 Å². The van der Waals surface area contributed by atoms with E-state index < -0.39 is 51.8 Å². The minimum atomic E-state index is -3.22. The number of piperidine rings is 4. The number of hydrogen-bond donors (Lipinski definition) is 8. The molecule has 47 heteroatoms. The standard InChI is InChI=1S/C23H22FN5O2.C19H24FN3O2.C14H16FN3.C10H20N2O2.C8H4ClFN2.C8H5FN2O.C7H4FNO3.C7H6FNO.CH3F.CH4N2O.Cl3OP/c1-2-21(30)26-18-8-5-15(6-9-18)22(31)29-11-3-4-19(14-29)27-23-25-13-16-12-17(24)7-10-20(16)28-23;1-19(2,3)25-18(24)23-8-4-5-13(12-23)9-17-21-11-14-10-15(20)6-7-16(14)22-17;15-12-3-4-13-11(7-12)9-17-14(18-13)6-10-2-1-5-16-8-10;1-10(2,3)14-9(13)12-6-4-5-8(11)7-12;9-8-11-4-5-3-6(10)1-2-7(5)12-8;9-6-1-2-7-5(3-6)4-10-8(12)11-7;8-6-1-2-7(9(11)12)5(3-6)4-10;8-6-1-2-7(9)5(3-6)4-10;1-2;2-1(3)4;1-5(2,3)4/h2,5-10,12-13,19H,1,3-4,11,14H2,(H,26,30)(H,25,27,28);6-7,10-11,13H,4-5,8-9,12H2,1-3H3;3-4,7,9-10,16H,1-2,5-6,8H2;8H,4-7,11H2,1-3H3;1-4H;1-4H,(H,10,11,12);1-4H;1-4H,9H2;1H3;(H4,2,3,4);/t19-;13-;10-;8-;;;;;;;/m1001......./s1/i;;;;;;;;1D;;. The summed E-state index contributed by atoms with van der Waals surface area (Å²) in [6.07, 6.45) is 19.0. The van der Waals surface area contributed by atoms with Gasteiger partial charge >= 0.3 is 29.1 Å². The molecule has 4 aliphatic heterocycles. The maximum Gasteiger partial charge on any atom is 0.410 e. The van der Waals surface area contributed by atoms with Crippen molar-refractivity contribution in [2.24, 2.45) is 29.0 Å². The lowest BCUT2D eigenvalue weighted by atomic mass is 9.94. The Balaban J connectivity index is 0.000000228. The van der Waals surface area contributed by atoms with Crippen LogP contribution in [0, 0.1) is 62.7 Å². The number of benzene rings is 8. The van der Waals surface area contributed by atoms with E-state index in [2.05, 4.69) is 118 Å². The Morgan fingerprint density at radius 3 is 1.49 bits per heavy atom. The molecule has 0 bridgehead atoms. The molecule has 145 heavy (non-hydrogen) atoms. The maximum atomic E-state index is 13.3. The van der Waals surface area contributed by atoms with E-state index in [4.69, 9.17) is 38.7 Å². The molecule has 4 fully saturated rings. The van der Waals surface area contributed by atoms with Gasteiger partial charge in [-0.05, 0) is 315 Å². The maximum absolute atomic E-state index is 13.3. The number of aldehydes is 2. The fraction of sp³-hybridized carbons (Fsp3) is 0.316. The summed E-state index contributed by atoms with van der Waals surface area (Å²) in [7, 11) is -1.00. The molecule has 0 unspecified atom stereocenters. The second-order valence-electron chi connectivity index (χ2n) is 34.3. The molecular formula is C98H108Cl4F8N21O13P. The number of nitro groups is 1. The predicted molar refractivity (Wildman–Crippen MR) is 542 cm³/mol. The second kappa shape index (κ2) is 58.0. The number of ether oxygens (including phenoxy) is 2. The molecule has 0 spiro atoms. The highest BCUT2D eigenvalue weighted by Gasteiger charge is 2.31. The number of nitro benzene ring substituents is 1. The first-order chi connectivity index (χ1) is 69.0. The number of likely N-dealkylation sites (tertiary alicyclic amines) is 3. The molecule has 772 valence electrons. The summed E-state index contributed by atoms with van der Waals surface area (Å²) >= 11 is 19.4. The number of amides is 6. The number of nitrogens with zero attached hydrogens (tertiary/aromatic N) is 13. The average Bonchev–Trinajstić information content (AvgIpc) is 0.825. The molecule has 4 atom stereocenters. The van der Waals surface area contributed by atoms with Gasteiger partial charge in [0.2, 0.25) is 17.1 Å². The van der Waals surface area contributed by atoms with Crippen LogP contribution < -0.4 is 44.6 Å². The van der Waals surface area contributed by atoms with Gasteiger partial charge < -0.3 is 68.0 Å². The van der Waals surface area contributed by atoms with Crippen molar-refractivity contribution >= 4 is 171 Å². The number of aromatic amines is 1. The van der Waals surface area contributed by atoms with Gasteiger partial charge in [-0.2, -0.15) is 0 Å². The Morgan fingerprint density at radius 1 is 0.572 bits per heavy atom. The lowest BCUT2D eigenvalue weighted by Gasteiger charge is -2.34. The third-order valence-electron chi connectivity index (χ3n) is 20.6. The first-order valence-electron chi connectivity index (χ1n) is 45.2. The fourth-order valence-corrected chi connectivity index (χ4v) is 14.3. The molecule has 8 aromatic carbocycles. The molecule has 0 aliphatic carbocycles. The van der Waals surface area contributed by atoms with E-state index in [-0.39, 0.29) is 93.6 Å². The summed E-state index contributed by atoms with van der Waals surface area (Å²) in [5, 5.41) is 19.9. The molecule has 0 radical (unpaired) electrons. The number of fused-ring (bicyclic) bond motifs is 5. The van der Waals surface area contributed by atoms with Crippen molar-refractivity contribution in [3.8, 4) is 0 Å². The Labute approximate surface area is 848 Å². The van der Waals surface area contributed by atoms with Crippen LogP contribution in [0.25, 0.3) is 54.5 Å². The third-order valence-corrected chi connectivity index (χ3v) is 20.7. The Hall–Kier alpha value is -14.2. The van der Waals surface area contributed by atoms with Gasteiger partial charge in [0.15, 0.2) is 12.6 Å². The smallest absolute Gasteiger partial charge is 0.410 e. The van der Waals surface area contributed by atoms with Crippen molar-refractivity contribution in [3.05, 3.63) is 290 Å². The van der Waals surface area contributed by atoms with Gasteiger partial charge in [-0.1, -0.05) is 6.58 Å². The summed E-state index contributed by atoms with van der Waals surface area (Å²) in [6.45, 7) is 20.8. The predicted octanol–water partition coefficient (Wildman–Crippen LogP) is 19.9. The molecule has 12 N–H and O–H groups in total. The van der Waals surface area contributed by atoms with Crippen LogP contribution in [-0.4, -0.2) is 195 Å². The average molecular weight is 2110 g/mol. The lowest BCUT2D eigenvalue weighted by Crippen LogP contribution is -2.47. The first kappa shape index (κ1) is 116. The van der Waals surface area contributed by atoms with Gasteiger partial charge in [0.25, 0.3) is 11.6 Å². The number of alkyl halides is 1. The topological polar surface area (TPSA) is 497 Å². The van der Waals surface area contributed by atoms with Gasteiger partial charge in [0.1, 0.15) is 63.6 Å². The van der Waals surface area contributed by atoms with E-state index in [0.717, 1.165) is 123 Å². The van der Waals surface area contributed by atoms with E-state index in [1.54, 1.807) is 81.8 Å². The van der Waals surface area contributed by atoms with Crippen molar-refractivity contribution in [1.29, 1.82) is 0 Å². The summed E-state index contributed by atoms with van der Waals surface area (Å²) in [6, 6.07) is 34.4. The molecule has 5 aromatic heterocycles. The van der Waals surface area contributed by atoms with E-state index in [9.17, 15) is 83.4 Å². The van der Waals surface area contributed by atoms with Crippen LogP contribution in [0.3, 0.4) is 0 Å². The number of nitrogen functional groups attached to an aromatic ring is 1. The number of rotatable bonds is 12. The number of H-pyrrole nitrogens is 1. The number of carbonyl (C=O) groups is 7. The fourth-order valence-electron chi connectivity index (χ4n) is 14.2. The van der Waals surface area contributed by atoms with Crippen molar-refractivity contribution in [2.75, 3.05) is 75.9 Å². The highest BCUT2D eigenvalue weighted by Crippen LogP contribution is 2.61. The molecule has 6 amide bonds. The zero-order valence-corrected chi connectivity index (χ0v) is 83.3. The van der Waals surface area contributed by atoms with Gasteiger partial charge in [0.05, 0.1) is 46.6 Å². The second-order valence-corrected chi connectivity index (χ2v) is 41.3. The van der Waals surface area contributed by atoms with Gasteiger partial charge in [-0.3, -0.25) is 38.2 Å². The Morgan fingerprint density at radius 2 is 1.00 bits per heavy atom. The van der Waals surface area contributed by atoms with Crippen LogP contribution in [0.2, 0.25) is 5.28 Å². The SMILES string of the molecule is C=CC(=O)Nc1ccc(C(=O)N2CCC[C@@H](Nc3ncc4cc(F)ccc4n3)C2)cc1.CC(C)(C)OC(=O)N1CCC[C@@H](Cc2ncc3cc(F)ccc3n2)C1.CC(C)(C)OC(=O)N1CCC[C@@H](N)C1.Fc1ccc2nc(C[C@@H]3CCCNC3)ncc2c1.Fc1ccc2nc(Cl)ncc2c1.NC(N)=O.Nc1ccc(F)cc1C=O.O=Cc1cc(F)ccc1[N+](=O)[O-].O=P(Cl)(Cl)Cl.O=c1ncc2cc(F)ccc2[nH]1.[2H]CF. The van der Waals surface area contributed by atoms with Crippen LogP contribution in [-0.2, 0) is 31.7 Å². The number of carbonyl (C=O) groups excluding carboxylic acids is 7. The molecule has 34 nitrogen and oxygen atoms in total. The number of anilines is 3. The van der Waals surface area contributed by atoms with Crippen molar-refractivity contribution in [1.82, 2.24) is 69.9 Å². The van der Waals surface area contributed by atoms with Crippen LogP contribution in [0.5, 0.6) is 0 Å². The minimum absolute atomic E-state index is 0.0155. The van der Waals surface area contributed by atoms with Crippen LogP contribution in [0.1, 0.15) is 137 Å².